The molecule has 5 nitrogen and oxygen atoms in total. The molecule has 2 aromatic carbocycles. The predicted octanol–water partition coefficient (Wildman–Crippen LogP) is 3.80. The number of benzene rings is 2. The Hall–Kier alpha value is -2.51. The second kappa shape index (κ2) is 7.62. The van der Waals surface area contributed by atoms with Crippen molar-refractivity contribution in [1.29, 1.82) is 0 Å². The zero-order chi connectivity index (χ0) is 18.8. The third kappa shape index (κ3) is 3.94. The molecular formula is C20H20FN3O2S. The molecule has 0 unspecified atom stereocenters. The van der Waals surface area contributed by atoms with E-state index in [1.807, 2.05) is 12.1 Å². The summed E-state index contributed by atoms with van der Waals surface area (Å²) in [5.74, 6) is -0.428. The number of carbonyl (C=O) groups excluding carboxylic acids is 1. The number of ether oxygens (including phenoxy) is 1. The number of fused-ring (bicyclic) bond motifs is 1. The van der Waals surface area contributed by atoms with Crippen molar-refractivity contribution in [3.8, 4) is 5.75 Å². The number of nitrogens with zero attached hydrogens (tertiary/aromatic N) is 3. The molecule has 0 spiro atoms. The predicted molar refractivity (Wildman–Crippen MR) is 105 cm³/mol. The van der Waals surface area contributed by atoms with Gasteiger partial charge in [-0.1, -0.05) is 18.3 Å². The van der Waals surface area contributed by atoms with Crippen LogP contribution >= 0.6 is 11.3 Å². The van der Waals surface area contributed by atoms with E-state index in [1.165, 1.54) is 24.3 Å². The average Bonchev–Trinajstić information content (AvgIpc) is 3.12. The summed E-state index contributed by atoms with van der Waals surface area (Å²) in [4.78, 5) is 21.7. The average molecular weight is 385 g/mol. The van der Waals surface area contributed by atoms with Crippen molar-refractivity contribution in [3.05, 3.63) is 53.8 Å². The summed E-state index contributed by atoms with van der Waals surface area (Å²) in [7, 11) is 0. The number of halogens is 1. The van der Waals surface area contributed by atoms with Crippen molar-refractivity contribution in [2.75, 3.05) is 37.6 Å². The third-order valence-corrected chi connectivity index (χ3v) is 5.81. The molecule has 0 N–H and O–H groups in total. The number of piperazine rings is 1. The van der Waals surface area contributed by atoms with E-state index in [-0.39, 0.29) is 5.82 Å². The Morgan fingerprint density at radius 2 is 1.89 bits per heavy atom. The molecule has 1 aliphatic heterocycles. The summed E-state index contributed by atoms with van der Waals surface area (Å²) in [6.45, 7) is 7.30. The molecule has 1 aliphatic rings. The first-order chi connectivity index (χ1) is 13.1. The van der Waals surface area contributed by atoms with Crippen LogP contribution in [-0.2, 0) is 0 Å². The van der Waals surface area contributed by atoms with E-state index in [2.05, 4.69) is 16.7 Å². The van der Waals surface area contributed by atoms with Gasteiger partial charge in [0.05, 0.1) is 15.8 Å². The Morgan fingerprint density at radius 3 is 2.59 bits per heavy atom. The van der Waals surface area contributed by atoms with E-state index >= 15 is 0 Å². The molecule has 0 bridgehead atoms. The van der Waals surface area contributed by atoms with Gasteiger partial charge in [0.25, 0.3) is 0 Å². The van der Waals surface area contributed by atoms with Crippen LogP contribution in [0.5, 0.6) is 5.75 Å². The highest BCUT2D eigenvalue weighted by Crippen LogP contribution is 2.32. The monoisotopic (exact) mass is 385 g/mol. The Kier molecular flexibility index (Phi) is 5.05. The second-order valence-electron chi connectivity index (χ2n) is 6.44. The number of likely N-dealkylation sites (N-methyl/N-ethyl adjacent to an activating group) is 1. The minimum Gasteiger partial charge on any atom is -0.423 e. The molecule has 0 atom stereocenters. The van der Waals surface area contributed by atoms with Crippen molar-refractivity contribution >= 4 is 32.7 Å². The highest BCUT2D eigenvalue weighted by molar-refractivity contribution is 7.22. The standard InChI is InChI=1S/C20H20FN3O2S/c1-2-23-9-11-24(12-10-23)20-22-17-8-7-16(13-18(17)27-20)26-19(25)14-3-5-15(21)6-4-14/h3-8,13H,2,9-12H2,1H3. The van der Waals surface area contributed by atoms with Crippen LogP contribution < -0.4 is 9.64 Å². The number of anilines is 1. The number of aromatic nitrogens is 1. The molecule has 2 heterocycles. The maximum absolute atomic E-state index is 13.0. The van der Waals surface area contributed by atoms with E-state index < -0.39 is 5.97 Å². The summed E-state index contributed by atoms with van der Waals surface area (Å²) < 4.78 is 19.4. The van der Waals surface area contributed by atoms with Gasteiger partial charge in [-0.15, -0.1) is 0 Å². The van der Waals surface area contributed by atoms with Crippen molar-refractivity contribution < 1.29 is 13.9 Å². The SMILES string of the molecule is CCN1CCN(c2nc3ccc(OC(=O)c4ccc(F)cc4)cc3s2)CC1. The van der Waals surface area contributed by atoms with Crippen molar-refractivity contribution in [1.82, 2.24) is 9.88 Å². The van der Waals surface area contributed by atoms with Gasteiger partial charge in [-0.25, -0.2) is 14.2 Å². The Morgan fingerprint density at radius 1 is 1.15 bits per heavy atom. The van der Waals surface area contributed by atoms with Crippen LogP contribution in [0.1, 0.15) is 17.3 Å². The normalized spacial score (nSPS) is 15.3. The van der Waals surface area contributed by atoms with Crippen molar-refractivity contribution in [2.45, 2.75) is 6.92 Å². The molecule has 0 saturated carbocycles. The Balaban J connectivity index is 1.49. The Bertz CT molecular complexity index is 950. The van der Waals surface area contributed by atoms with Crippen LogP contribution in [0.25, 0.3) is 10.2 Å². The van der Waals surface area contributed by atoms with E-state index in [0.717, 1.165) is 48.1 Å². The minimum absolute atomic E-state index is 0.315. The minimum atomic E-state index is -0.505. The van der Waals surface area contributed by atoms with Gasteiger partial charge in [0, 0.05) is 32.2 Å². The topological polar surface area (TPSA) is 45.7 Å². The van der Waals surface area contributed by atoms with Gasteiger partial charge in [-0.2, -0.15) is 0 Å². The van der Waals surface area contributed by atoms with E-state index in [4.69, 9.17) is 9.72 Å². The van der Waals surface area contributed by atoms with Crippen LogP contribution in [0, 0.1) is 5.82 Å². The number of esters is 1. The molecule has 1 saturated heterocycles. The van der Waals surface area contributed by atoms with Gasteiger partial charge >= 0.3 is 5.97 Å². The van der Waals surface area contributed by atoms with E-state index in [1.54, 1.807) is 17.4 Å². The molecule has 0 aliphatic carbocycles. The van der Waals surface area contributed by atoms with Crippen molar-refractivity contribution in [2.24, 2.45) is 0 Å². The number of hydrogen-bond acceptors (Lipinski definition) is 6. The summed E-state index contributed by atoms with van der Waals surface area (Å²) in [6, 6.07) is 10.8. The lowest BCUT2D eigenvalue weighted by molar-refractivity contribution is 0.0735. The van der Waals surface area contributed by atoms with Gasteiger partial charge < -0.3 is 14.5 Å². The lowest BCUT2D eigenvalue weighted by Gasteiger charge is -2.33. The summed E-state index contributed by atoms with van der Waals surface area (Å²) in [5, 5.41) is 1.00. The largest absolute Gasteiger partial charge is 0.423 e. The lowest BCUT2D eigenvalue weighted by atomic mass is 10.2. The first-order valence-corrected chi connectivity index (χ1v) is 9.79. The van der Waals surface area contributed by atoms with Gasteiger partial charge in [0.1, 0.15) is 11.6 Å². The maximum Gasteiger partial charge on any atom is 0.343 e. The number of thiazole rings is 1. The molecule has 7 heteroatoms. The molecule has 4 rings (SSSR count). The van der Waals surface area contributed by atoms with Crippen LogP contribution in [0.4, 0.5) is 9.52 Å². The van der Waals surface area contributed by atoms with E-state index in [9.17, 15) is 9.18 Å². The highest BCUT2D eigenvalue weighted by Gasteiger charge is 2.19. The quantitative estimate of drug-likeness (QED) is 0.505. The highest BCUT2D eigenvalue weighted by atomic mass is 32.1. The smallest absolute Gasteiger partial charge is 0.343 e. The fourth-order valence-corrected chi connectivity index (χ4v) is 4.14. The Labute approximate surface area is 161 Å². The molecule has 0 amide bonds. The van der Waals surface area contributed by atoms with Crippen molar-refractivity contribution in [3.63, 3.8) is 0 Å². The second-order valence-corrected chi connectivity index (χ2v) is 7.45. The third-order valence-electron chi connectivity index (χ3n) is 4.73. The molecule has 1 fully saturated rings. The lowest BCUT2D eigenvalue weighted by Crippen LogP contribution is -2.46. The molecule has 27 heavy (non-hydrogen) atoms. The number of rotatable bonds is 4. The van der Waals surface area contributed by atoms with Gasteiger partial charge in [-0.05, 0) is 42.9 Å². The number of hydrogen-bond donors (Lipinski definition) is 0. The zero-order valence-corrected chi connectivity index (χ0v) is 15.8. The fourth-order valence-electron chi connectivity index (χ4n) is 3.10. The number of carbonyl (C=O) groups is 1. The first kappa shape index (κ1) is 17.9. The van der Waals surface area contributed by atoms with Crippen LogP contribution in [0.15, 0.2) is 42.5 Å². The van der Waals surface area contributed by atoms with E-state index in [0.29, 0.717) is 11.3 Å². The van der Waals surface area contributed by atoms with Crippen LogP contribution in [-0.4, -0.2) is 48.6 Å². The van der Waals surface area contributed by atoms with Crippen LogP contribution in [0.2, 0.25) is 0 Å². The summed E-state index contributed by atoms with van der Waals surface area (Å²) >= 11 is 1.61. The first-order valence-electron chi connectivity index (χ1n) is 8.98. The zero-order valence-electron chi connectivity index (χ0n) is 15.0. The summed E-state index contributed by atoms with van der Waals surface area (Å²) in [5.41, 5.74) is 1.21. The molecule has 3 aromatic rings. The molecule has 140 valence electrons. The van der Waals surface area contributed by atoms with Gasteiger partial charge in [0.2, 0.25) is 0 Å². The molecule has 1 aromatic heterocycles. The summed E-state index contributed by atoms with van der Waals surface area (Å²) in [6.07, 6.45) is 0. The molecule has 0 radical (unpaired) electrons. The maximum atomic E-state index is 13.0. The van der Waals surface area contributed by atoms with Crippen LogP contribution in [0.3, 0.4) is 0 Å². The van der Waals surface area contributed by atoms with Gasteiger partial charge in [0.15, 0.2) is 5.13 Å². The van der Waals surface area contributed by atoms with Gasteiger partial charge in [-0.3, -0.25) is 0 Å². The fraction of sp³-hybridized carbons (Fsp3) is 0.300. The molecular weight excluding hydrogens is 365 g/mol.